The van der Waals surface area contributed by atoms with Crippen LogP contribution >= 0.6 is 11.6 Å². The van der Waals surface area contributed by atoms with Gasteiger partial charge >= 0.3 is 0 Å². The number of nitrogens with zero attached hydrogens (tertiary/aromatic N) is 1. The van der Waals surface area contributed by atoms with E-state index >= 15 is 0 Å². The van der Waals surface area contributed by atoms with Gasteiger partial charge in [-0.05, 0) is 49.8 Å². The minimum absolute atomic E-state index is 0.0945. The van der Waals surface area contributed by atoms with Gasteiger partial charge in [0.1, 0.15) is 0 Å². The number of hydrogen-bond donors (Lipinski definition) is 3. The number of aliphatic hydroxyl groups is 1. The lowest BCUT2D eigenvalue weighted by Gasteiger charge is -2.24. The molecule has 30 heavy (non-hydrogen) atoms. The first-order valence-electron chi connectivity index (χ1n) is 10.7. The highest BCUT2D eigenvalue weighted by Gasteiger charge is 2.29. The standard InChI is InChI=1S/C24H28ClN3O2/c25-19-11-6-7-16(14-19)13-18-10-4-5-12-20-22(18)27-28-23(20)24(30)26-21(15-29)17-8-2-1-3-9-17/h1-3,6-8,11,14,17-18,21,29H,4-5,9-10,12-13,15H2,(H,26,30)(H,27,28)/t17?,18-,21-/m0/s1. The summed E-state index contributed by atoms with van der Waals surface area (Å²) >= 11 is 6.16. The van der Waals surface area contributed by atoms with Crippen LogP contribution in [-0.4, -0.2) is 33.9 Å². The van der Waals surface area contributed by atoms with Crippen molar-refractivity contribution in [1.29, 1.82) is 0 Å². The predicted molar refractivity (Wildman–Crippen MR) is 119 cm³/mol. The molecule has 0 spiro atoms. The molecule has 0 fully saturated rings. The maximum atomic E-state index is 13.0. The van der Waals surface area contributed by atoms with Crippen LogP contribution in [0.3, 0.4) is 0 Å². The molecule has 1 aromatic carbocycles. The van der Waals surface area contributed by atoms with Gasteiger partial charge in [-0.15, -0.1) is 0 Å². The molecule has 6 heteroatoms. The summed E-state index contributed by atoms with van der Waals surface area (Å²) in [5, 5.41) is 21.2. The second-order valence-corrected chi connectivity index (χ2v) is 8.65. The second kappa shape index (κ2) is 9.63. The summed E-state index contributed by atoms with van der Waals surface area (Å²) in [4.78, 5) is 13.0. The number of carbonyl (C=O) groups is 1. The van der Waals surface area contributed by atoms with E-state index in [4.69, 9.17) is 11.6 Å². The molecule has 0 radical (unpaired) electrons. The zero-order chi connectivity index (χ0) is 20.9. The number of hydrogen-bond acceptors (Lipinski definition) is 3. The molecule has 2 aliphatic rings. The molecule has 1 unspecified atom stereocenters. The fraction of sp³-hybridized carbons (Fsp3) is 0.417. The first-order valence-corrected chi connectivity index (χ1v) is 11.1. The first-order chi connectivity index (χ1) is 14.7. The number of aliphatic hydroxyl groups excluding tert-OH is 1. The molecular weight excluding hydrogens is 398 g/mol. The summed E-state index contributed by atoms with van der Waals surface area (Å²) in [6.45, 7) is -0.0986. The van der Waals surface area contributed by atoms with Gasteiger partial charge in [0.15, 0.2) is 5.69 Å². The van der Waals surface area contributed by atoms with E-state index in [0.29, 0.717) is 5.69 Å². The van der Waals surface area contributed by atoms with Crippen LogP contribution in [0.1, 0.15) is 58.9 Å². The minimum Gasteiger partial charge on any atom is -0.394 e. The van der Waals surface area contributed by atoms with Gasteiger partial charge in [0.2, 0.25) is 0 Å². The maximum absolute atomic E-state index is 13.0. The average molecular weight is 426 g/mol. The van der Waals surface area contributed by atoms with Crippen molar-refractivity contribution < 1.29 is 9.90 Å². The molecule has 0 aliphatic heterocycles. The maximum Gasteiger partial charge on any atom is 0.272 e. The Kier molecular flexibility index (Phi) is 6.70. The molecule has 0 bridgehead atoms. The number of fused-ring (bicyclic) bond motifs is 1. The summed E-state index contributed by atoms with van der Waals surface area (Å²) in [5.41, 5.74) is 3.75. The topological polar surface area (TPSA) is 78.0 Å². The van der Waals surface area contributed by atoms with Gasteiger partial charge in [-0.25, -0.2) is 0 Å². The second-order valence-electron chi connectivity index (χ2n) is 8.22. The van der Waals surface area contributed by atoms with E-state index in [1.807, 2.05) is 36.4 Å². The van der Waals surface area contributed by atoms with Crippen LogP contribution in [0.25, 0.3) is 0 Å². The fourth-order valence-electron chi connectivity index (χ4n) is 4.57. The normalized spacial score (nSPS) is 21.7. The van der Waals surface area contributed by atoms with Crippen molar-refractivity contribution >= 4 is 17.5 Å². The van der Waals surface area contributed by atoms with Gasteiger partial charge in [-0.2, -0.15) is 5.10 Å². The molecule has 1 heterocycles. The van der Waals surface area contributed by atoms with E-state index in [9.17, 15) is 9.90 Å². The average Bonchev–Trinajstić information content (AvgIpc) is 3.09. The van der Waals surface area contributed by atoms with Crippen LogP contribution in [0.2, 0.25) is 5.02 Å². The molecule has 2 aromatic rings. The van der Waals surface area contributed by atoms with Crippen molar-refractivity contribution in [3.05, 3.63) is 76.1 Å². The fourth-order valence-corrected chi connectivity index (χ4v) is 4.78. The Labute approximate surface area is 182 Å². The monoisotopic (exact) mass is 425 g/mol. The smallest absolute Gasteiger partial charge is 0.272 e. The number of halogens is 1. The van der Waals surface area contributed by atoms with Crippen LogP contribution in [0.4, 0.5) is 0 Å². The van der Waals surface area contributed by atoms with Crippen molar-refractivity contribution in [2.75, 3.05) is 6.61 Å². The van der Waals surface area contributed by atoms with Crippen LogP contribution in [-0.2, 0) is 12.8 Å². The molecule has 5 nitrogen and oxygen atoms in total. The molecule has 4 rings (SSSR count). The number of nitrogens with one attached hydrogen (secondary N) is 2. The van der Waals surface area contributed by atoms with Gasteiger partial charge < -0.3 is 10.4 Å². The number of carbonyl (C=O) groups excluding carboxylic acids is 1. The Hall–Kier alpha value is -2.37. The Morgan fingerprint density at radius 3 is 3.00 bits per heavy atom. The lowest BCUT2D eigenvalue weighted by Crippen LogP contribution is -2.43. The lowest BCUT2D eigenvalue weighted by atomic mass is 9.91. The van der Waals surface area contributed by atoms with Gasteiger partial charge in [-0.1, -0.05) is 54.5 Å². The molecule has 2 aliphatic carbocycles. The Morgan fingerprint density at radius 2 is 2.23 bits per heavy atom. The molecule has 1 aromatic heterocycles. The molecule has 0 saturated carbocycles. The summed E-state index contributed by atoms with van der Waals surface area (Å²) in [6, 6.07) is 7.65. The molecule has 158 valence electrons. The van der Waals surface area contributed by atoms with Crippen LogP contribution in [0, 0.1) is 5.92 Å². The number of benzene rings is 1. The molecule has 3 atom stereocenters. The number of allylic oxidation sites excluding steroid dienone is 3. The first kappa shape index (κ1) is 20.9. The summed E-state index contributed by atoms with van der Waals surface area (Å²) < 4.78 is 0. The third-order valence-electron chi connectivity index (χ3n) is 6.17. The number of aromatic amines is 1. The number of rotatable bonds is 6. The number of aromatic nitrogens is 2. The molecule has 3 N–H and O–H groups in total. The lowest BCUT2D eigenvalue weighted by molar-refractivity contribution is 0.0893. The van der Waals surface area contributed by atoms with Gasteiger partial charge in [0.05, 0.1) is 12.6 Å². The summed E-state index contributed by atoms with van der Waals surface area (Å²) in [6.07, 6.45) is 13.8. The Balaban J connectivity index is 1.53. The third kappa shape index (κ3) is 4.68. The van der Waals surface area contributed by atoms with E-state index in [-0.39, 0.29) is 30.4 Å². The van der Waals surface area contributed by atoms with Crippen molar-refractivity contribution in [1.82, 2.24) is 15.5 Å². The minimum atomic E-state index is -0.320. The van der Waals surface area contributed by atoms with E-state index < -0.39 is 0 Å². The summed E-state index contributed by atoms with van der Waals surface area (Å²) in [5.74, 6) is 0.171. The molecule has 0 saturated heterocycles. The van der Waals surface area contributed by atoms with Crippen molar-refractivity contribution in [3.8, 4) is 0 Å². The number of amides is 1. The summed E-state index contributed by atoms with van der Waals surface area (Å²) in [7, 11) is 0. The van der Waals surface area contributed by atoms with Gasteiger partial charge in [0, 0.05) is 28.1 Å². The van der Waals surface area contributed by atoms with Crippen LogP contribution in [0.5, 0.6) is 0 Å². The van der Waals surface area contributed by atoms with Gasteiger partial charge in [-0.3, -0.25) is 9.89 Å². The predicted octanol–water partition coefficient (Wildman–Crippen LogP) is 4.34. The Morgan fingerprint density at radius 1 is 1.33 bits per heavy atom. The van der Waals surface area contributed by atoms with Crippen molar-refractivity contribution in [2.45, 2.75) is 50.5 Å². The Bertz CT molecular complexity index is 950. The van der Waals surface area contributed by atoms with Gasteiger partial charge in [0.25, 0.3) is 5.91 Å². The largest absolute Gasteiger partial charge is 0.394 e. The zero-order valence-electron chi connectivity index (χ0n) is 17.0. The zero-order valence-corrected chi connectivity index (χ0v) is 17.7. The molecule has 1 amide bonds. The SMILES string of the molecule is O=C(N[C@@H](CO)C1C=CC=CC1)c1n[nH]c2c1CCCC[C@H]2Cc1cccc(Cl)c1. The van der Waals surface area contributed by atoms with E-state index in [1.54, 1.807) is 0 Å². The highest BCUT2D eigenvalue weighted by atomic mass is 35.5. The third-order valence-corrected chi connectivity index (χ3v) is 6.40. The van der Waals surface area contributed by atoms with E-state index in [1.165, 1.54) is 5.56 Å². The highest BCUT2D eigenvalue weighted by molar-refractivity contribution is 6.30. The van der Waals surface area contributed by atoms with E-state index in [2.05, 4.69) is 27.7 Å². The van der Waals surface area contributed by atoms with Crippen molar-refractivity contribution in [3.63, 3.8) is 0 Å². The number of H-pyrrole nitrogens is 1. The molecular formula is C24H28ClN3O2. The van der Waals surface area contributed by atoms with Crippen LogP contribution < -0.4 is 5.32 Å². The van der Waals surface area contributed by atoms with Crippen molar-refractivity contribution in [2.24, 2.45) is 5.92 Å². The quantitative estimate of drug-likeness (QED) is 0.602. The van der Waals surface area contributed by atoms with E-state index in [0.717, 1.165) is 54.8 Å². The van der Waals surface area contributed by atoms with Crippen LogP contribution in [0.15, 0.2) is 48.6 Å². The highest BCUT2D eigenvalue weighted by Crippen LogP contribution is 2.33.